The van der Waals surface area contributed by atoms with Crippen molar-refractivity contribution in [1.29, 1.82) is 0 Å². The highest BCUT2D eigenvalue weighted by atomic mass is 32.1. The van der Waals surface area contributed by atoms with Crippen LogP contribution in [0, 0.1) is 13.8 Å². The molecular weight excluding hydrogens is 411 g/mol. The zero-order valence-electron chi connectivity index (χ0n) is 16.6. The number of aryl methyl sites for hydroxylation is 2. The van der Waals surface area contributed by atoms with E-state index < -0.39 is 12.1 Å². The van der Waals surface area contributed by atoms with Crippen molar-refractivity contribution in [2.45, 2.75) is 25.9 Å². The standard InChI is InChI=1S/C22H20F3N3OS/c1-11-17(14-6-4-13(5-7-14)16(10-26-3)22(23,24)25)18-15-8-9-30-20(15)21(29)28-19(18)12(2)27-11/h4-9,16,26H,10H2,1-3H3,(H,28,29)/t16-/m0/s1. The fourth-order valence-corrected chi connectivity index (χ4v) is 4.78. The number of rotatable bonds is 4. The molecule has 2 N–H and O–H groups in total. The van der Waals surface area contributed by atoms with Crippen molar-refractivity contribution in [3.05, 3.63) is 63.0 Å². The average Bonchev–Trinajstić information content (AvgIpc) is 3.17. The molecule has 0 unspecified atom stereocenters. The molecule has 0 bridgehead atoms. The first kappa shape index (κ1) is 20.6. The van der Waals surface area contributed by atoms with Gasteiger partial charge in [-0.3, -0.25) is 9.78 Å². The SMILES string of the molecule is CNC[C@@H](c1ccc(-c2c(C)nc(C)c3[nH]c(=O)c4sccc4c23)cc1)C(F)(F)F. The number of thiophene rings is 1. The lowest BCUT2D eigenvalue weighted by Crippen LogP contribution is -2.29. The zero-order valence-corrected chi connectivity index (χ0v) is 17.5. The van der Waals surface area contributed by atoms with E-state index in [-0.39, 0.29) is 17.7 Å². The van der Waals surface area contributed by atoms with Crippen LogP contribution in [0.5, 0.6) is 0 Å². The second kappa shape index (κ2) is 7.52. The molecule has 1 atom stereocenters. The normalized spacial score (nSPS) is 13.3. The van der Waals surface area contributed by atoms with Crippen LogP contribution in [-0.2, 0) is 0 Å². The van der Waals surface area contributed by atoms with Gasteiger partial charge in [-0.2, -0.15) is 13.2 Å². The summed E-state index contributed by atoms with van der Waals surface area (Å²) in [6.07, 6.45) is -4.33. The molecule has 30 heavy (non-hydrogen) atoms. The van der Waals surface area contributed by atoms with E-state index in [2.05, 4.69) is 15.3 Å². The van der Waals surface area contributed by atoms with Crippen molar-refractivity contribution in [3.8, 4) is 11.1 Å². The summed E-state index contributed by atoms with van der Waals surface area (Å²) in [5.74, 6) is -1.58. The topological polar surface area (TPSA) is 57.8 Å². The number of fused-ring (bicyclic) bond motifs is 3. The lowest BCUT2D eigenvalue weighted by Gasteiger charge is -2.21. The number of hydrogen-bond acceptors (Lipinski definition) is 4. The van der Waals surface area contributed by atoms with E-state index >= 15 is 0 Å². The maximum atomic E-state index is 13.4. The number of nitrogens with one attached hydrogen (secondary N) is 2. The van der Waals surface area contributed by atoms with Crippen LogP contribution < -0.4 is 10.9 Å². The van der Waals surface area contributed by atoms with E-state index in [0.717, 1.165) is 27.6 Å². The number of pyridine rings is 2. The Morgan fingerprint density at radius 2 is 1.83 bits per heavy atom. The summed E-state index contributed by atoms with van der Waals surface area (Å²) in [7, 11) is 1.51. The first-order chi connectivity index (χ1) is 14.2. The fourth-order valence-electron chi connectivity index (χ4n) is 3.99. The van der Waals surface area contributed by atoms with Crippen molar-refractivity contribution in [2.24, 2.45) is 0 Å². The number of likely N-dealkylation sites (N-methyl/N-ethyl adjacent to an activating group) is 1. The molecule has 4 aromatic rings. The molecule has 0 radical (unpaired) electrons. The molecule has 0 aliphatic rings. The van der Waals surface area contributed by atoms with Gasteiger partial charge >= 0.3 is 6.18 Å². The van der Waals surface area contributed by atoms with Crippen LogP contribution >= 0.6 is 11.3 Å². The van der Waals surface area contributed by atoms with Crippen LogP contribution in [0.4, 0.5) is 13.2 Å². The summed E-state index contributed by atoms with van der Waals surface area (Å²) in [6.45, 7) is 3.52. The number of H-pyrrole nitrogens is 1. The summed E-state index contributed by atoms with van der Waals surface area (Å²) in [4.78, 5) is 19.9. The molecule has 0 saturated heterocycles. The highest BCUT2D eigenvalue weighted by Crippen LogP contribution is 2.39. The highest BCUT2D eigenvalue weighted by Gasteiger charge is 2.40. The van der Waals surface area contributed by atoms with Crippen LogP contribution in [0.1, 0.15) is 22.9 Å². The van der Waals surface area contributed by atoms with Gasteiger partial charge in [0.05, 0.1) is 17.1 Å². The van der Waals surface area contributed by atoms with Gasteiger partial charge < -0.3 is 10.3 Å². The molecule has 8 heteroatoms. The molecule has 0 aliphatic heterocycles. The maximum absolute atomic E-state index is 13.4. The van der Waals surface area contributed by atoms with Crippen molar-refractivity contribution >= 4 is 32.3 Å². The third-order valence-electron chi connectivity index (χ3n) is 5.34. The highest BCUT2D eigenvalue weighted by molar-refractivity contribution is 7.17. The minimum Gasteiger partial charge on any atom is -0.319 e. The van der Waals surface area contributed by atoms with Crippen LogP contribution in [0.3, 0.4) is 0 Å². The molecule has 0 fully saturated rings. The third kappa shape index (κ3) is 3.40. The number of alkyl halides is 3. The summed E-state index contributed by atoms with van der Waals surface area (Å²) in [5.41, 5.74) is 3.74. The minimum absolute atomic E-state index is 0.164. The number of aromatic amines is 1. The average molecular weight is 431 g/mol. The Morgan fingerprint density at radius 1 is 1.13 bits per heavy atom. The van der Waals surface area contributed by atoms with Crippen LogP contribution in [0.15, 0.2) is 40.5 Å². The lowest BCUT2D eigenvalue weighted by atomic mass is 9.93. The first-order valence-corrected chi connectivity index (χ1v) is 10.3. The molecule has 1 aromatic carbocycles. The Balaban J connectivity index is 1.94. The van der Waals surface area contributed by atoms with Gasteiger partial charge in [0.15, 0.2) is 0 Å². The second-order valence-corrected chi connectivity index (χ2v) is 8.22. The molecular formula is C22H20F3N3OS. The maximum Gasteiger partial charge on any atom is 0.396 e. The van der Waals surface area contributed by atoms with E-state index in [9.17, 15) is 18.0 Å². The Morgan fingerprint density at radius 3 is 2.47 bits per heavy atom. The minimum atomic E-state index is -4.33. The largest absolute Gasteiger partial charge is 0.396 e. The van der Waals surface area contributed by atoms with E-state index in [1.54, 1.807) is 12.1 Å². The number of benzene rings is 1. The van der Waals surface area contributed by atoms with Gasteiger partial charge in [0.1, 0.15) is 4.70 Å². The van der Waals surface area contributed by atoms with Crippen LogP contribution in [0.2, 0.25) is 0 Å². The van der Waals surface area contributed by atoms with E-state index in [1.807, 2.05) is 25.3 Å². The number of hydrogen-bond donors (Lipinski definition) is 2. The van der Waals surface area contributed by atoms with Crippen molar-refractivity contribution in [1.82, 2.24) is 15.3 Å². The summed E-state index contributed by atoms with van der Waals surface area (Å²) in [6, 6.07) is 8.34. The Bertz CT molecular complexity index is 1290. The van der Waals surface area contributed by atoms with Gasteiger partial charge in [-0.15, -0.1) is 11.3 Å². The van der Waals surface area contributed by atoms with Gasteiger partial charge in [0, 0.05) is 28.6 Å². The number of nitrogens with zero attached hydrogens (tertiary/aromatic N) is 1. The second-order valence-electron chi connectivity index (χ2n) is 7.30. The Kier molecular flexibility index (Phi) is 5.15. The summed E-state index contributed by atoms with van der Waals surface area (Å²) < 4.78 is 40.9. The van der Waals surface area contributed by atoms with Crippen LogP contribution in [-0.4, -0.2) is 29.7 Å². The predicted molar refractivity (Wildman–Crippen MR) is 115 cm³/mol. The molecule has 0 amide bonds. The molecule has 4 rings (SSSR count). The van der Waals surface area contributed by atoms with Gasteiger partial charge in [-0.05, 0) is 43.5 Å². The molecule has 156 valence electrons. The molecule has 0 saturated carbocycles. The fraction of sp³-hybridized carbons (Fsp3) is 0.273. The number of aromatic nitrogens is 2. The smallest absolute Gasteiger partial charge is 0.319 e. The van der Waals surface area contributed by atoms with Crippen molar-refractivity contribution < 1.29 is 13.2 Å². The molecule has 0 aliphatic carbocycles. The van der Waals surface area contributed by atoms with E-state index in [0.29, 0.717) is 15.9 Å². The van der Waals surface area contributed by atoms with Crippen molar-refractivity contribution in [2.75, 3.05) is 13.6 Å². The molecule has 4 nitrogen and oxygen atoms in total. The predicted octanol–water partition coefficient (Wildman–Crippen LogP) is 5.29. The van der Waals surface area contributed by atoms with E-state index in [4.69, 9.17) is 0 Å². The number of halogens is 3. The van der Waals surface area contributed by atoms with Gasteiger partial charge in [-0.1, -0.05) is 24.3 Å². The zero-order chi connectivity index (χ0) is 21.6. The monoisotopic (exact) mass is 431 g/mol. The third-order valence-corrected chi connectivity index (χ3v) is 6.26. The van der Waals surface area contributed by atoms with Crippen molar-refractivity contribution in [3.63, 3.8) is 0 Å². The molecule has 0 spiro atoms. The Hall–Kier alpha value is -2.71. The lowest BCUT2D eigenvalue weighted by molar-refractivity contribution is -0.149. The summed E-state index contributed by atoms with van der Waals surface area (Å²) >= 11 is 1.36. The Labute approximate surface area is 174 Å². The van der Waals surface area contributed by atoms with Gasteiger partial charge in [-0.25, -0.2) is 0 Å². The van der Waals surface area contributed by atoms with Gasteiger partial charge in [0.2, 0.25) is 0 Å². The van der Waals surface area contributed by atoms with E-state index in [1.165, 1.54) is 30.5 Å². The van der Waals surface area contributed by atoms with Gasteiger partial charge in [0.25, 0.3) is 5.56 Å². The summed E-state index contributed by atoms with van der Waals surface area (Å²) in [5, 5.41) is 6.18. The quantitative estimate of drug-likeness (QED) is 0.462. The molecule has 3 aromatic heterocycles. The van der Waals surface area contributed by atoms with Crippen LogP contribution in [0.25, 0.3) is 32.1 Å². The first-order valence-electron chi connectivity index (χ1n) is 9.44. The molecule has 3 heterocycles.